The second-order valence-electron chi connectivity index (χ2n) is 7.27. The van der Waals surface area contributed by atoms with E-state index in [1.54, 1.807) is 4.90 Å². The minimum absolute atomic E-state index is 0.164. The molecule has 0 saturated carbocycles. The summed E-state index contributed by atoms with van der Waals surface area (Å²) in [5.74, 6) is 0. The van der Waals surface area contributed by atoms with Crippen LogP contribution >= 0.6 is 0 Å². The molecule has 1 aliphatic heterocycles. The molecule has 1 heterocycles. The smallest absolute Gasteiger partial charge is 0.410 e. The largest absolute Gasteiger partial charge is 0.444 e. The molecule has 1 aliphatic rings. The normalized spacial score (nSPS) is 19.7. The third-order valence-corrected chi connectivity index (χ3v) is 4.03. The molecule has 1 aromatic carbocycles. The minimum Gasteiger partial charge on any atom is -0.444 e. The lowest BCUT2D eigenvalue weighted by Crippen LogP contribution is -2.57. The molecule has 0 aromatic heterocycles. The summed E-state index contributed by atoms with van der Waals surface area (Å²) in [5, 5.41) is 0. The van der Waals surface area contributed by atoms with Crippen molar-refractivity contribution in [3.63, 3.8) is 0 Å². The maximum atomic E-state index is 12.2. The molecule has 1 atom stereocenters. The maximum Gasteiger partial charge on any atom is 0.410 e. The number of amides is 1. The number of benzene rings is 1. The van der Waals surface area contributed by atoms with Crippen LogP contribution in [0.4, 0.5) is 4.79 Å². The number of hydrogen-bond donors (Lipinski definition) is 1. The summed E-state index contributed by atoms with van der Waals surface area (Å²) in [7, 11) is 0. The van der Waals surface area contributed by atoms with E-state index in [-0.39, 0.29) is 12.1 Å². The number of ether oxygens (including phenoxy) is 1. The lowest BCUT2D eigenvalue weighted by Gasteiger charge is -2.41. The molecular weight excluding hydrogens is 290 g/mol. The molecule has 1 unspecified atom stereocenters. The summed E-state index contributed by atoms with van der Waals surface area (Å²) in [4.78, 5) is 16.3. The van der Waals surface area contributed by atoms with Gasteiger partial charge in [0.25, 0.3) is 0 Å². The summed E-state index contributed by atoms with van der Waals surface area (Å²) in [6.07, 6.45) is -0.245. The highest BCUT2D eigenvalue weighted by Gasteiger charge is 2.31. The minimum atomic E-state index is -0.464. The second kappa shape index (κ2) is 7.32. The van der Waals surface area contributed by atoms with Gasteiger partial charge in [0.05, 0.1) is 0 Å². The molecule has 5 heteroatoms. The molecule has 128 valence electrons. The fraction of sp³-hybridized carbons (Fsp3) is 0.611. The van der Waals surface area contributed by atoms with Crippen LogP contribution in [0.1, 0.15) is 31.9 Å². The van der Waals surface area contributed by atoms with E-state index < -0.39 is 5.60 Å². The number of nitrogens with zero attached hydrogens (tertiary/aromatic N) is 2. The van der Waals surface area contributed by atoms with Gasteiger partial charge in [0.15, 0.2) is 0 Å². The van der Waals surface area contributed by atoms with Crippen molar-refractivity contribution in [2.75, 3.05) is 26.2 Å². The Balaban J connectivity index is 1.96. The van der Waals surface area contributed by atoms with Gasteiger partial charge in [-0.25, -0.2) is 4.79 Å². The number of carbonyl (C=O) groups excluding carboxylic acids is 1. The van der Waals surface area contributed by atoms with Crippen LogP contribution in [0.15, 0.2) is 24.3 Å². The van der Waals surface area contributed by atoms with E-state index in [1.165, 1.54) is 11.1 Å². The Bertz CT molecular complexity index is 522. The van der Waals surface area contributed by atoms with Gasteiger partial charge in [-0.3, -0.25) is 4.90 Å². The Morgan fingerprint density at radius 2 is 1.91 bits per heavy atom. The Hall–Kier alpha value is -1.59. The average Bonchev–Trinajstić information content (AvgIpc) is 2.48. The van der Waals surface area contributed by atoms with Gasteiger partial charge in [0, 0.05) is 38.8 Å². The van der Waals surface area contributed by atoms with Crippen LogP contribution < -0.4 is 5.73 Å². The molecule has 1 fully saturated rings. The van der Waals surface area contributed by atoms with E-state index >= 15 is 0 Å². The van der Waals surface area contributed by atoms with Crippen LogP contribution in [0, 0.1) is 6.92 Å². The lowest BCUT2D eigenvalue weighted by atomic mass is 10.1. The summed E-state index contributed by atoms with van der Waals surface area (Å²) in [6, 6.07) is 8.73. The summed E-state index contributed by atoms with van der Waals surface area (Å²) in [5.41, 5.74) is 8.02. The molecule has 1 amide bonds. The molecule has 1 saturated heterocycles. The fourth-order valence-electron chi connectivity index (χ4n) is 2.74. The van der Waals surface area contributed by atoms with Crippen molar-refractivity contribution in [2.24, 2.45) is 5.73 Å². The zero-order chi connectivity index (χ0) is 17.0. The Labute approximate surface area is 139 Å². The predicted molar refractivity (Wildman–Crippen MR) is 92.2 cm³/mol. The molecule has 0 spiro atoms. The number of piperazine rings is 1. The van der Waals surface area contributed by atoms with Gasteiger partial charge in [-0.2, -0.15) is 0 Å². The van der Waals surface area contributed by atoms with E-state index in [1.807, 2.05) is 20.8 Å². The van der Waals surface area contributed by atoms with Crippen molar-refractivity contribution in [1.82, 2.24) is 9.80 Å². The monoisotopic (exact) mass is 319 g/mol. The number of carbonyl (C=O) groups is 1. The molecule has 0 radical (unpaired) electrons. The number of aryl methyl sites for hydroxylation is 1. The quantitative estimate of drug-likeness (QED) is 0.929. The zero-order valence-electron chi connectivity index (χ0n) is 14.7. The fourth-order valence-corrected chi connectivity index (χ4v) is 2.74. The third-order valence-electron chi connectivity index (χ3n) is 4.03. The van der Waals surface area contributed by atoms with Gasteiger partial charge in [-0.1, -0.05) is 29.8 Å². The number of hydrogen-bond acceptors (Lipinski definition) is 4. The molecule has 23 heavy (non-hydrogen) atoms. The standard InChI is InChI=1S/C18H29N3O2/c1-14-5-7-15(8-6-14)12-20-9-10-21(13-16(20)11-19)17(22)23-18(2,3)4/h5-8,16H,9-13,19H2,1-4H3. The van der Waals surface area contributed by atoms with Crippen molar-refractivity contribution in [3.8, 4) is 0 Å². The van der Waals surface area contributed by atoms with Crippen molar-refractivity contribution < 1.29 is 9.53 Å². The summed E-state index contributed by atoms with van der Waals surface area (Å²) in [6.45, 7) is 11.3. The van der Waals surface area contributed by atoms with Crippen molar-refractivity contribution in [2.45, 2.75) is 45.9 Å². The van der Waals surface area contributed by atoms with Crippen LogP contribution in [-0.2, 0) is 11.3 Å². The highest BCUT2D eigenvalue weighted by atomic mass is 16.6. The van der Waals surface area contributed by atoms with E-state index in [0.717, 1.165) is 13.1 Å². The van der Waals surface area contributed by atoms with Gasteiger partial charge in [0.1, 0.15) is 5.60 Å². The van der Waals surface area contributed by atoms with Crippen LogP contribution in [0.2, 0.25) is 0 Å². The van der Waals surface area contributed by atoms with Crippen LogP contribution in [0.25, 0.3) is 0 Å². The number of rotatable bonds is 3. The first-order valence-electron chi connectivity index (χ1n) is 8.26. The molecule has 2 N–H and O–H groups in total. The van der Waals surface area contributed by atoms with Gasteiger partial charge >= 0.3 is 6.09 Å². The van der Waals surface area contributed by atoms with Crippen molar-refractivity contribution >= 4 is 6.09 Å². The molecule has 5 nitrogen and oxygen atoms in total. The zero-order valence-corrected chi connectivity index (χ0v) is 14.7. The van der Waals surface area contributed by atoms with Gasteiger partial charge in [-0.05, 0) is 33.3 Å². The molecule has 1 aromatic rings. The van der Waals surface area contributed by atoms with E-state index in [0.29, 0.717) is 19.6 Å². The van der Waals surface area contributed by atoms with Crippen LogP contribution in [-0.4, -0.2) is 53.7 Å². The Morgan fingerprint density at radius 3 is 2.48 bits per heavy atom. The predicted octanol–water partition coefficient (Wildman–Crippen LogP) is 2.38. The van der Waals surface area contributed by atoms with E-state index in [9.17, 15) is 4.79 Å². The molecule has 0 aliphatic carbocycles. The second-order valence-corrected chi connectivity index (χ2v) is 7.27. The van der Waals surface area contributed by atoms with Crippen molar-refractivity contribution in [3.05, 3.63) is 35.4 Å². The molecular formula is C18H29N3O2. The van der Waals surface area contributed by atoms with Gasteiger partial charge < -0.3 is 15.4 Å². The highest BCUT2D eigenvalue weighted by Crippen LogP contribution is 2.17. The van der Waals surface area contributed by atoms with Crippen LogP contribution in [0.5, 0.6) is 0 Å². The SMILES string of the molecule is Cc1ccc(CN2CCN(C(=O)OC(C)(C)C)CC2CN)cc1. The van der Waals surface area contributed by atoms with Gasteiger partial charge in [0.2, 0.25) is 0 Å². The average molecular weight is 319 g/mol. The highest BCUT2D eigenvalue weighted by molar-refractivity contribution is 5.68. The Morgan fingerprint density at radius 1 is 1.26 bits per heavy atom. The third kappa shape index (κ3) is 5.22. The molecule has 0 bridgehead atoms. The van der Waals surface area contributed by atoms with Gasteiger partial charge in [-0.15, -0.1) is 0 Å². The van der Waals surface area contributed by atoms with Crippen LogP contribution in [0.3, 0.4) is 0 Å². The number of nitrogens with two attached hydrogens (primary N) is 1. The maximum absolute atomic E-state index is 12.2. The van der Waals surface area contributed by atoms with Crippen molar-refractivity contribution in [1.29, 1.82) is 0 Å². The molecule has 2 rings (SSSR count). The first kappa shape index (κ1) is 17.8. The first-order valence-corrected chi connectivity index (χ1v) is 8.26. The first-order chi connectivity index (χ1) is 10.8. The summed E-state index contributed by atoms with van der Waals surface area (Å²) < 4.78 is 5.46. The van der Waals surface area contributed by atoms with E-state index in [2.05, 4.69) is 36.1 Å². The van der Waals surface area contributed by atoms with E-state index in [4.69, 9.17) is 10.5 Å². The lowest BCUT2D eigenvalue weighted by molar-refractivity contribution is 0.00353. The Kier molecular flexibility index (Phi) is 5.65. The topological polar surface area (TPSA) is 58.8 Å². The summed E-state index contributed by atoms with van der Waals surface area (Å²) >= 11 is 0.